The number of aromatic nitrogens is 1. The van der Waals surface area contributed by atoms with E-state index in [9.17, 15) is 4.79 Å². The van der Waals surface area contributed by atoms with Gasteiger partial charge in [-0.1, -0.05) is 13.8 Å². The summed E-state index contributed by atoms with van der Waals surface area (Å²) in [5, 5.41) is 1.79. The van der Waals surface area contributed by atoms with E-state index in [1.165, 1.54) is 11.3 Å². The second-order valence-corrected chi connectivity index (χ2v) is 4.50. The summed E-state index contributed by atoms with van der Waals surface area (Å²) in [4.78, 5) is 17.4. The average Bonchev–Trinajstić information content (AvgIpc) is 2.65. The molecule has 1 heterocycles. The molecule has 0 radical (unpaired) electrons. The van der Waals surface area contributed by atoms with Gasteiger partial charge in [0.05, 0.1) is 5.51 Å². The van der Waals surface area contributed by atoms with Crippen LogP contribution in [0.25, 0.3) is 0 Å². The van der Waals surface area contributed by atoms with E-state index in [0.29, 0.717) is 11.6 Å². The van der Waals surface area contributed by atoms with Crippen LogP contribution in [0.5, 0.6) is 0 Å². The summed E-state index contributed by atoms with van der Waals surface area (Å²) >= 11 is 1.45. The molecule has 1 amide bonds. The zero-order valence-electron chi connectivity index (χ0n) is 8.86. The molecule has 0 aromatic carbocycles. The average molecular weight is 212 g/mol. The smallest absolute Gasteiger partial charge is 0.273 e. The molecule has 0 spiro atoms. The predicted molar refractivity (Wildman–Crippen MR) is 58.5 cm³/mol. The van der Waals surface area contributed by atoms with E-state index in [4.69, 9.17) is 0 Å². The standard InChI is InChI=1S/C10H16N2OS/c1-8(2)4-5-12(3)10(13)9-6-14-7-11-9/h6-8H,4-5H2,1-3H3. The van der Waals surface area contributed by atoms with Crippen molar-refractivity contribution in [1.82, 2.24) is 9.88 Å². The van der Waals surface area contributed by atoms with Gasteiger partial charge in [0.2, 0.25) is 0 Å². The molecule has 0 unspecified atom stereocenters. The first-order valence-electron chi connectivity index (χ1n) is 4.75. The molecule has 0 N–H and O–H groups in total. The van der Waals surface area contributed by atoms with Gasteiger partial charge in [-0.3, -0.25) is 4.79 Å². The van der Waals surface area contributed by atoms with Crippen LogP contribution in [-0.2, 0) is 0 Å². The van der Waals surface area contributed by atoms with Crippen LogP contribution in [0.2, 0.25) is 0 Å². The van der Waals surface area contributed by atoms with Crippen LogP contribution in [0.4, 0.5) is 0 Å². The van der Waals surface area contributed by atoms with Gasteiger partial charge in [-0.05, 0) is 12.3 Å². The van der Waals surface area contributed by atoms with Gasteiger partial charge in [0.25, 0.3) is 5.91 Å². The molecule has 0 aliphatic rings. The van der Waals surface area contributed by atoms with E-state index in [-0.39, 0.29) is 5.91 Å². The van der Waals surface area contributed by atoms with Crippen molar-refractivity contribution in [3.63, 3.8) is 0 Å². The minimum absolute atomic E-state index is 0.0203. The Morgan fingerprint density at radius 2 is 2.36 bits per heavy atom. The first-order chi connectivity index (χ1) is 6.61. The maximum absolute atomic E-state index is 11.7. The van der Waals surface area contributed by atoms with Gasteiger partial charge in [-0.15, -0.1) is 11.3 Å². The fourth-order valence-corrected chi connectivity index (χ4v) is 1.59. The molecular formula is C10H16N2OS. The third-order valence-electron chi connectivity index (χ3n) is 2.04. The second-order valence-electron chi connectivity index (χ2n) is 3.78. The Hall–Kier alpha value is -0.900. The zero-order valence-corrected chi connectivity index (χ0v) is 9.67. The molecule has 14 heavy (non-hydrogen) atoms. The van der Waals surface area contributed by atoms with Crippen LogP contribution in [-0.4, -0.2) is 29.4 Å². The van der Waals surface area contributed by atoms with Crippen LogP contribution >= 0.6 is 11.3 Å². The topological polar surface area (TPSA) is 33.2 Å². The molecule has 0 bridgehead atoms. The van der Waals surface area contributed by atoms with Gasteiger partial charge in [-0.25, -0.2) is 4.98 Å². The Morgan fingerprint density at radius 1 is 1.64 bits per heavy atom. The first kappa shape index (κ1) is 11.2. The highest BCUT2D eigenvalue weighted by molar-refractivity contribution is 7.07. The van der Waals surface area contributed by atoms with Crippen molar-refractivity contribution in [3.8, 4) is 0 Å². The Balaban J connectivity index is 2.45. The van der Waals surface area contributed by atoms with E-state index < -0.39 is 0 Å². The molecule has 0 atom stereocenters. The molecule has 3 nitrogen and oxygen atoms in total. The normalized spacial score (nSPS) is 10.6. The van der Waals surface area contributed by atoms with E-state index in [1.807, 2.05) is 7.05 Å². The van der Waals surface area contributed by atoms with Crippen molar-refractivity contribution in [2.45, 2.75) is 20.3 Å². The minimum atomic E-state index is 0.0203. The van der Waals surface area contributed by atoms with Gasteiger partial charge < -0.3 is 4.90 Å². The Kier molecular flexibility index (Phi) is 4.07. The summed E-state index contributed by atoms with van der Waals surface area (Å²) in [7, 11) is 1.82. The molecule has 1 aromatic heterocycles. The predicted octanol–water partition coefficient (Wildman–Crippen LogP) is 2.26. The minimum Gasteiger partial charge on any atom is -0.340 e. The summed E-state index contributed by atoms with van der Waals surface area (Å²) in [6.45, 7) is 5.11. The first-order valence-corrected chi connectivity index (χ1v) is 5.69. The van der Waals surface area contributed by atoms with Crippen LogP contribution < -0.4 is 0 Å². The maximum Gasteiger partial charge on any atom is 0.273 e. The van der Waals surface area contributed by atoms with Crippen molar-refractivity contribution >= 4 is 17.2 Å². The van der Waals surface area contributed by atoms with Gasteiger partial charge in [0, 0.05) is 19.0 Å². The summed E-state index contributed by atoms with van der Waals surface area (Å²) in [6, 6.07) is 0. The SMILES string of the molecule is CC(C)CCN(C)C(=O)c1cscn1. The number of amides is 1. The third kappa shape index (κ3) is 3.10. The van der Waals surface area contributed by atoms with Crippen LogP contribution in [0.3, 0.4) is 0 Å². The van der Waals surface area contributed by atoms with Crippen LogP contribution in [0, 0.1) is 5.92 Å². The highest BCUT2D eigenvalue weighted by Gasteiger charge is 2.13. The van der Waals surface area contributed by atoms with Gasteiger partial charge in [-0.2, -0.15) is 0 Å². The van der Waals surface area contributed by atoms with Crippen molar-refractivity contribution in [1.29, 1.82) is 0 Å². The van der Waals surface area contributed by atoms with Crippen molar-refractivity contribution in [3.05, 3.63) is 16.6 Å². The van der Waals surface area contributed by atoms with Crippen LogP contribution in [0.15, 0.2) is 10.9 Å². The van der Waals surface area contributed by atoms with Gasteiger partial charge in [0.1, 0.15) is 5.69 Å². The summed E-state index contributed by atoms with van der Waals surface area (Å²) < 4.78 is 0. The van der Waals surface area contributed by atoms with Gasteiger partial charge in [0.15, 0.2) is 0 Å². The lowest BCUT2D eigenvalue weighted by molar-refractivity contribution is 0.0784. The molecule has 0 aliphatic carbocycles. The molecule has 1 rings (SSSR count). The number of hydrogen-bond donors (Lipinski definition) is 0. The molecule has 0 aliphatic heterocycles. The van der Waals surface area contributed by atoms with Crippen molar-refractivity contribution < 1.29 is 4.79 Å². The molecule has 0 saturated carbocycles. The number of rotatable bonds is 4. The number of carbonyl (C=O) groups is 1. The second kappa shape index (κ2) is 5.10. The zero-order chi connectivity index (χ0) is 10.6. The third-order valence-corrected chi connectivity index (χ3v) is 2.63. The summed E-state index contributed by atoms with van der Waals surface area (Å²) in [5.74, 6) is 0.646. The van der Waals surface area contributed by atoms with E-state index in [1.54, 1.807) is 15.8 Å². The largest absolute Gasteiger partial charge is 0.340 e. The van der Waals surface area contributed by atoms with E-state index in [0.717, 1.165) is 13.0 Å². The highest BCUT2D eigenvalue weighted by atomic mass is 32.1. The fraction of sp³-hybridized carbons (Fsp3) is 0.600. The number of nitrogens with zero attached hydrogens (tertiary/aromatic N) is 2. The lowest BCUT2D eigenvalue weighted by atomic mass is 10.1. The fourth-order valence-electron chi connectivity index (χ4n) is 1.07. The Morgan fingerprint density at radius 3 is 2.86 bits per heavy atom. The molecule has 0 saturated heterocycles. The molecule has 78 valence electrons. The molecule has 0 fully saturated rings. The summed E-state index contributed by atoms with van der Waals surface area (Å²) in [5.41, 5.74) is 2.24. The number of hydrogen-bond acceptors (Lipinski definition) is 3. The van der Waals surface area contributed by atoms with Crippen LogP contribution in [0.1, 0.15) is 30.8 Å². The Bertz CT molecular complexity index is 282. The molecule has 1 aromatic rings. The molecular weight excluding hydrogens is 196 g/mol. The lowest BCUT2D eigenvalue weighted by Crippen LogP contribution is -2.28. The Labute approximate surface area is 88.8 Å². The summed E-state index contributed by atoms with van der Waals surface area (Å²) in [6.07, 6.45) is 1.03. The molecule has 4 heteroatoms. The van der Waals surface area contributed by atoms with Gasteiger partial charge >= 0.3 is 0 Å². The van der Waals surface area contributed by atoms with E-state index >= 15 is 0 Å². The quantitative estimate of drug-likeness (QED) is 0.767. The number of thiazole rings is 1. The lowest BCUT2D eigenvalue weighted by Gasteiger charge is -2.16. The van der Waals surface area contributed by atoms with E-state index in [2.05, 4.69) is 18.8 Å². The monoisotopic (exact) mass is 212 g/mol. The highest BCUT2D eigenvalue weighted by Crippen LogP contribution is 2.06. The van der Waals surface area contributed by atoms with Crippen molar-refractivity contribution in [2.75, 3.05) is 13.6 Å². The maximum atomic E-state index is 11.7. The number of carbonyl (C=O) groups excluding carboxylic acids is 1. The van der Waals surface area contributed by atoms with Crippen molar-refractivity contribution in [2.24, 2.45) is 5.92 Å².